The van der Waals surface area contributed by atoms with Gasteiger partial charge in [-0.2, -0.15) is 0 Å². The molecule has 2 rings (SSSR count). The van der Waals surface area contributed by atoms with Crippen LogP contribution < -0.4 is 10.5 Å². The molecule has 0 amide bonds. The summed E-state index contributed by atoms with van der Waals surface area (Å²) < 4.78 is 18.3. The number of methoxy groups -OCH3 is 1. The number of aromatic nitrogens is 1. The molecule has 3 N–H and O–H groups in total. The molecule has 1 heterocycles. The lowest BCUT2D eigenvalue weighted by Gasteiger charge is -2.04. The minimum Gasteiger partial charge on any atom is -0.494 e. The maximum Gasteiger partial charge on any atom is 0.356 e. The summed E-state index contributed by atoms with van der Waals surface area (Å²) in [6.45, 7) is 0. The van der Waals surface area contributed by atoms with Crippen LogP contribution in [0.1, 0.15) is 10.5 Å². The Kier molecular flexibility index (Phi) is 3.15. The molecule has 0 aliphatic heterocycles. The Hall–Kier alpha value is -2.15. The summed E-state index contributed by atoms with van der Waals surface area (Å²) in [4.78, 5) is 15.0. The monoisotopic (exact) mass is 268 g/mol. The molecule has 5 nitrogen and oxygen atoms in total. The van der Waals surface area contributed by atoms with E-state index in [1.54, 1.807) is 6.07 Å². The smallest absolute Gasteiger partial charge is 0.356 e. The molecule has 0 radical (unpaired) electrons. The first kappa shape index (κ1) is 12.3. The largest absolute Gasteiger partial charge is 0.494 e. The van der Waals surface area contributed by atoms with Crippen molar-refractivity contribution >= 4 is 22.4 Å². The zero-order valence-electron chi connectivity index (χ0n) is 9.31. The van der Waals surface area contributed by atoms with E-state index in [0.29, 0.717) is 10.4 Å². The number of hydrogen-bond donors (Lipinski definition) is 2. The molecule has 94 valence electrons. The van der Waals surface area contributed by atoms with Crippen molar-refractivity contribution in [2.45, 2.75) is 0 Å². The minimum absolute atomic E-state index is 0.0908. The van der Waals surface area contributed by atoms with Crippen molar-refractivity contribution in [2.24, 2.45) is 0 Å². The number of thiazole rings is 1. The van der Waals surface area contributed by atoms with Crippen molar-refractivity contribution in [2.75, 3.05) is 12.8 Å². The zero-order chi connectivity index (χ0) is 13.3. The summed E-state index contributed by atoms with van der Waals surface area (Å²) in [6.07, 6.45) is 0. The van der Waals surface area contributed by atoms with Crippen molar-refractivity contribution in [3.8, 4) is 16.2 Å². The highest BCUT2D eigenvalue weighted by atomic mass is 32.1. The Morgan fingerprint density at radius 3 is 2.83 bits per heavy atom. The third kappa shape index (κ3) is 2.12. The number of hydrogen-bond acceptors (Lipinski definition) is 5. The van der Waals surface area contributed by atoms with E-state index in [0.717, 1.165) is 11.3 Å². The summed E-state index contributed by atoms with van der Waals surface area (Å²) in [5.74, 6) is -1.68. The predicted molar refractivity (Wildman–Crippen MR) is 65.4 cm³/mol. The first-order valence-corrected chi connectivity index (χ1v) is 5.68. The Morgan fingerprint density at radius 1 is 1.56 bits per heavy atom. The molecule has 0 unspecified atom stereocenters. The molecule has 2 aromatic rings. The van der Waals surface area contributed by atoms with Crippen LogP contribution in [0.15, 0.2) is 18.2 Å². The average molecular weight is 268 g/mol. The molecular weight excluding hydrogens is 259 g/mol. The molecule has 1 aromatic carbocycles. The first-order valence-electron chi connectivity index (χ1n) is 4.86. The molecular formula is C11H9FN2O3S. The number of anilines is 1. The second-order valence-electron chi connectivity index (χ2n) is 3.38. The number of carboxylic acids is 1. The summed E-state index contributed by atoms with van der Waals surface area (Å²) >= 11 is 0.996. The highest BCUT2D eigenvalue weighted by molar-refractivity contribution is 7.19. The van der Waals surface area contributed by atoms with E-state index in [1.807, 2.05) is 0 Å². The minimum atomic E-state index is -1.20. The van der Waals surface area contributed by atoms with Gasteiger partial charge in [0.25, 0.3) is 0 Å². The maximum absolute atomic E-state index is 13.6. The van der Waals surface area contributed by atoms with Gasteiger partial charge in [0.15, 0.2) is 22.4 Å². The number of nitrogens with zero attached hydrogens (tertiary/aromatic N) is 1. The van der Waals surface area contributed by atoms with Gasteiger partial charge in [-0.05, 0) is 23.8 Å². The zero-order valence-corrected chi connectivity index (χ0v) is 10.1. The Labute approximate surface area is 106 Å². The highest BCUT2D eigenvalue weighted by Gasteiger charge is 2.18. The van der Waals surface area contributed by atoms with Crippen molar-refractivity contribution in [3.05, 3.63) is 29.7 Å². The second-order valence-corrected chi connectivity index (χ2v) is 4.41. The van der Waals surface area contributed by atoms with Gasteiger partial charge in [-0.25, -0.2) is 14.2 Å². The van der Waals surface area contributed by atoms with Crippen molar-refractivity contribution in [3.63, 3.8) is 0 Å². The van der Waals surface area contributed by atoms with Crippen LogP contribution in [0.3, 0.4) is 0 Å². The van der Waals surface area contributed by atoms with Crippen LogP contribution in [0.2, 0.25) is 0 Å². The van der Waals surface area contributed by atoms with Crippen molar-refractivity contribution in [1.29, 1.82) is 0 Å². The van der Waals surface area contributed by atoms with Crippen LogP contribution in [0.4, 0.5) is 9.52 Å². The van der Waals surface area contributed by atoms with Crippen molar-refractivity contribution < 1.29 is 19.0 Å². The van der Waals surface area contributed by atoms with Crippen molar-refractivity contribution in [1.82, 2.24) is 4.98 Å². The van der Waals surface area contributed by atoms with Crippen LogP contribution >= 0.6 is 11.3 Å². The number of carboxylic acid groups (broad SMARTS) is 1. The van der Waals surface area contributed by atoms with Crippen LogP contribution in [0.5, 0.6) is 5.75 Å². The highest BCUT2D eigenvalue weighted by Crippen LogP contribution is 2.33. The molecule has 0 aliphatic rings. The predicted octanol–water partition coefficient (Wildman–Crippen LogP) is 2.24. The van der Waals surface area contributed by atoms with E-state index in [1.165, 1.54) is 19.2 Å². The Balaban J connectivity index is 2.55. The number of aromatic carboxylic acids is 1. The van der Waals surface area contributed by atoms with Gasteiger partial charge in [0.05, 0.1) is 12.0 Å². The van der Waals surface area contributed by atoms with Crippen LogP contribution in [0.25, 0.3) is 10.4 Å². The van der Waals surface area contributed by atoms with Gasteiger partial charge in [0.1, 0.15) is 0 Å². The van der Waals surface area contributed by atoms with Crippen LogP contribution in [0, 0.1) is 5.82 Å². The average Bonchev–Trinajstić information content (AvgIpc) is 2.71. The van der Waals surface area contributed by atoms with Gasteiger partial charge in [0.2, 0.25) is 0 Å². The molecule has 7 heteroatoms. The molecule has 0 atom stereocenters. The Morgan fingerprint density at radius 2 is 2.28 bits per heavy atom. The lowest BCUT2D eigenvalue weighted by molar-refractivity contribution is 0.0692. The van der Waals surface area contributed by atoms with Crippen LogP contribution in [-0.2, 0) is 0 Å². The number of ether oxygens (including phenoxy) is 1. The van der Waals surface area contributed by atoms with Gasteiger partial charge in [-0.15, -0.1) is 0 Å². The summed E-state index contributed by atoms with van der Waals surface area (Å²) in [6, 6.07) is 4.17. The molecule has 0 saturated carbocycles. The fourth-order valence-electron chi connectivity index (χ4n) is 1.48. The topological polar surface area (TPSA) is 85.4 Å². The van der Waals surface area contributed by atoms with E-state index in [9.17, 15) is 9.18 Å². The molecule has 0 spiro atoms. The third-order valence-corrected chi connectivity index (χ3v) is 3.19. The van der Waals surface area contributed by atoms with E-state index in [4.69, 9.17) is 15.6 Å². The summed E-state index contributed by atoms with van der Waals surface area (Å²) in [5, 5.41) is 9.10. The van der Waals surface area contributed by atoms with E-state index in [-0.39, 0.29) is 16.6 Å². The number of carbonyl (C=O) groups is 1. The number of rotatable bonds is 3. The molecule has 0 saturated heterocycles. The number of nitrogens with two attached hydrogens (primary N) is 1. The fraction of sp³-hybridized carbons (Fsp3) is 0.0909. The maximum atomic E-state index is 13.6. The summed E-state index contributed by atoms with van der Waals surface area (Å²) in [7, 11) is 1.35. The van der Waals surface area contributed by atoms with Gasteiger partial charge >= 0.3 is 5.97 Å². The van der Waals surface area contributed by atoms with E-state index in [2.05, 4.69) is 4.98 Å². The fourth-order valence-corrected chi connectivity index (χ4v) is 2.31. The van der Waals surface area contributed by atoms with Gasteiger partial charge in [-0.3, -0.25) is 0 Å². The van der Waals surface area contributed by atoms with E-state index < -0.39 is 11.8 Å². The van der Waals surface area contributed by atoms with Crippen LogP contribution in [-0.4, -0.2) is 23.2 Å². The third-order valence-electron chi connectivity index (χ3n) is 2.26. The lowest BCUT2D eigenvalue weighted by atomic mass is 10.1. The SMILES string of the molecule is COc1ccc(-c2sc(N)nc2C(=O)O)cc1F. The summed E-state index contributed by atoms with van der Waals surface area (Å²) in [5.41, 5.74) is 5.70. The van der Waals surface area contributed by atoms with Gasteiger partial charge < -0.3 is 15.6 Å². The molecule has 0 bridgehead atoms. The molecule has 1 aromatic heterocycles. The standard InChI is InChI=1S/C11H9FN2O3S/c1-17-7-3-2-5(4-6(7)12)9-8(10(15)16)14-11(13)18-9/h2-4H,1H3,(H2,13,14)(H,15,16). The van der Waals surface area contributed by atoms with Gasteiger partial charge in [-0.1, -0.05) is 11.3 Å². The molecule has 18 heavy (non-hydrogen) atoms. The number of halogens is 1. The number of nitrogen functional groups attached to an aromatic ring is 1. The lowest BCUT2D eigenvalue weighted by Crippen LogP contribution is -1.99. The number of benzene rings is 1. The second kappa shape index (κ2) is 4.61. The van der Waals surface area contributed by atoms with E-state index >= 15 is 0 Å². The normalized spacial score (nSPS) is 10.3. The molecule has 0 aliphatic carbocycles. The Bertz CT molecular complexity index is 612. The van der Waals surface area contributed by atoms with Gasteiger partial charge in [0, 0.05) is 0 Å². The quantitative estimate of drug-likeness (QED) is 0.891. The first-order chi connectivity index (χ1) is 8.52. The molecule has 0 fully saturated rings.